The first-order valence-electron chi connectivity index (χ1n) is 5.66. The summed E-state index contributed by atoms with van der Waals surface area (Å²) in [7, 11) is 0. The molecule has 1 aliphatic rings. The molecule has 2 heteroatoms. The number of hydrogen-bond acceptors (Lipinski definition) is 2. The molecule has 13 heavy (non-hydrogen) atoms. The summed E-state index contributed by atoms with van der Waals surface area (Å²) in [4.78, 5) is 2.60. The fraction of sp³-hybridized carbons (Fsp3) is 1.00. The van der Waals surface area contributed by atoms with E-state index in [2.05, 4.69) is 18.7 Å². The summed E-state index contributed by atoms with van der Waals surface area (Å²) in [5.41, 5.74) is 5.45. The maximum absolute atomic E-state index is 5.45. The average Bonchev–Trinajstić information content (AvgIpc) is 2.41. The topological polar surface area (TPSA) is 29.3 Å². The van der Waals surface area contributed by atoms with Crippen molar-refractivity contribution in [1.82, 2.24) is 4.90 Å². The van der Waals surface area contributed by atoms with Gasteiger partial charge in [0.25, 0.3) is 0 Å². The summed E-state index contributed by atoms with van der Waals surface area (Å²) in [6.45, 7) is 9.49. The molecule has 1 rings (SSSR count). The molecule has 1 aliphatic heterocycles. The third-order valence-corrected chi connectivity index (χ3v) is 3.24. The summed E-state index contributed by atoms with van der Waals surface area (Å²) in [6, 6.07) is 0. The standard InChI is InChI=1S/C11H24N2/c1-10-8-13(9-11(10)2)7-5-3-4-6-12/h10-11H,3-9,12H2,1-2H3. The lowest BCUT2D eigenvalue weighted by Crippen LogP contribution is -2.22. The van der Waals surface area contributed by atoms with Crippen molar-refractivity contribution in [3.8, 4) is 0 Å². The van der Waals surface area contributed by atoms with Crippen LogP contribution < -0.4 is 5.73 Å². The Morgan fingerprint density at radius 1 is 1.08 bits per heavy atom. The van der Waals surface area contributed by atoms with Gasteiger partial charge in [-0.25, -0.2) is 0 Å². The van der Waals surface area contributed by atoms with Gasteiger partial charge in [-0.1, -0.05) is 20.3 Å². The van der Waals surface area contributed by atoms with Crippen molar-refractivity contribution >= 4 is 0 Å². The minimum Gasteiger partial charge on any atom is -0.330 e. The lowest BCUT2D eigenvalue weighted by molar-refractivity contribution is 0.315. The second-order valence-electron chi connectivity index (χ2n) is 4.56. The minimum atomic E-state index is 0.854. The zero-order chi connectivity index (χ0) is 9.68. The molecule has 0 aromatic carbocycles. The maximum Gasteiger partial charge on any atom is 0.00102 e. The zero-order valence-corrected chi connectivity index (χ0v) is 9.13. The SMILES string of the molecule is CC1CN(CCCCCN)CC1C. The van der Waals surface area contributed by atoms with Crippen LogP contribution in [-0.4, -0.2) is 31.1 Å². The highest BCUT2D eigenvalue weighted by Crippen LogP contribution is 2.22. The van der Waals surface area contributed by atoms with Gasteiger partial charge in [0, 0.05) is 13.1 Å². The fourth-order valence-corrected chi connectivity index (χ4v) is 2.09. The van der Waals surface area contributed by atoms with Crippen LogP contribution in [0.3, 0.4) is 0 Å². The Balaban J connectivity index is 2.03. The summed E-state index contributed by atoms with van der Waals surface area (Å²) in [6.07, 6.45) is 3.82. The molecule has 78 valence electrons. The Hall–Kier alpha value is -0.0800. The molecule has 0 aliphatic carbocycles. The largest absolute Gasteiger partial charge is 0.330 e. The first kappa shape index (κ1) is 11.0. The van der Waals surface area contributed by atoms with Crippen molar-refractivity contribution in [1.29, 1.82) is 0 Å². The lowest BCUT2D eigenvalue weighted by Gasteiger charge is -2.14. The molecule has 0 spiro atoms. The predicted molar refractivity (Wildman–Crippen MR) is 57.7 cm³/mol. The number of nitrogens with zero attached hydrogens (tertiary/aromatic N) is 1. The van der Waals surface area contributed by atoms with E-state index < -0.39 is 0 Å². The molecular weight excluding hydrogens is 160 g/mol. The summed E-state index contributed by atoms with van der Waals surface area (Å²) in [5.74, 6) is 1.80. The van der Waals surface area contributed by atoms with Gasteiger partial charge in [0.1, 0.15) is 0 Å². The van der Waals surface area contributed by atoms with E-state index in [1.807, 2.05) is 0 Å². The Kier molecular flexibility index (Phi) is 4.74. The van der Waals surface area contributed by atoms with Crippen LogP contribution in [-0.2, 0) is 0 Å². The number of hydrogen-bond donors (Lipinski definition) is 1. The van der Waals surface area contributed by atoms with E-state index >= 15 is 0 Å². The Labute approximate surface area is 82.5 Å². The van der Waals surface area contributed by atoms with Crippen LogP contribution in [0.5, 0.6) is 0 Å². The highest BCUT2D eigenvalue weighted by Gasteiger charge is 2.24. The van der Waals surface area contributed by atoms with E-state index in [1.165, 1.54) is 38.9 Å². The van der Waals surface area contributed by atoms with E-state index in [0.717, 1.165) is 18.4 Å². The smallest absolute Gasteiger partial charge is 0.00102 e. The second kappa shape index (κ2) is 5.61. The summed E-state index contributed by atoms with van der Waals surface area (Å²) in [5, 5.41) is 0. The second-order valence-corrected chi connectivity index (χ2v) is 4.56. The van der Waals surface area contributed by atoms with Gasteiger partial charge in [0.15, 0.2) is 0 Å². The van der Waals surface area contributed by atoms with E-state index in [4.69, 9.17) is 5.73 Å². The molecule has 2 nitrogen and oxygen atoms in total. The Bertz CT molecular complexity index is 126. The normalized spacial score (nSPS) is 29.8. The monoisotopic (exact) mass is 184 g/mol. The number of likely N-dealkylation sites (tertiary alicyclic amines) is 1. The van der Waals surface area contributed by atoms with Crippen molar-refractivity contribution < 1.29 is 0 Å². The first-order valence-corrected chi connectivity index (χ1v) is 5.66. The number of unbranched alkanes of at least 4 members (excludes halogenated alkanes) is 2. The van der Waals surface area contributed by atoms with Crippen molar-refractivity contribution in [2.75, 3.05) is 26.2 Å². The number of nitrogens with two attached hydrogens (primary N) is 1. The highest BCUT2D eigenvalue weighted by molar-refractivity contribution is 4.78. The average molecular weight is 184 g/mol. The van der Waals surface area contributed by atoms with Crippen molar-refractivity contribution in [3.05, 3.63) is 0 Å². The van der Waals surface area contributed by atoms with Gasteiger partial charge in [-0.3, -0.25) is 0 Å². The molecule has 2 atom stereocenters. The van der Waals surface area contributed by atoms with Gasteiger partial charge >= 0.3 is 0 Å². The molecule has 0 bridgehead atoms. The van der Waals surface area contributed by atoms with Crippen molar-refractivity contribution in [3.63, 3.8) is 0 Å². The van der Waals surface area contributed by atoms with Crippen molar-refractivity contribution in [2.24, 2.45) is 17.6 Å². The van der Waals surface area contributed by atoms with Crippen molar-refractivity contribution in [2.45, 2.75) is 33.1 Å². The van der Waals surface area contributed by atoms with Gasteiger partial charge < -0.3 is 10.6 Å². The summed E-state index contributed by atoms with van der Waals surface area (Å²) < 4.78 is 0. The lowest BCUT2D eigenvalue weighted by atomic mass is 10.0. The molecule has 0 aromatic rings. The van der Waals surface area contributed by atoms with Crippen LogP contribution in [0.25, 0.3) is 0 Å². The fourth-order valence-electron chi connectivity index (χ4n) is 2.09. The van der Waals surface area contributed by atoms with Crippen LogP contribution in [0.4, 0.5) is 0 Å². The van der Waals surface area contributed by atoms with Gasteiger partial charge in [-0.15, -0.1) is 0 Å². The maximum atomic E-state index is 5.45. The summed E-state index contributed by atoms with van der Waals surface area (Å²) >= 11 is 0. The molecule has 1 fully saturated rings. The molecule has 0 radical (unpaired) electrons. The van der Waals surface area contributed by atoms with E-state index in [0.29, 0.717) is 0 Å². The third kappa shape index (κ3) is 3.65. The molecule has 0 aromatic heterocycles. The van der Waals surface area contributed by atoms with Gasteiger partial charge in [0.2, 0.25) is 0 Å². The van der Waals surface area contributed by atoms with Crippen LogP contribution in [0.15, 0.2) is 0 Å². The van der Waals surface area contributed by atoms with Crippen LogP contribution in [0.2, 0.25) is 0 Å². The van der Waals surface area contributed by atoms with E-state index in [1.54, 1.807) is 0 Å². The van der Waals surface area contributed by atoms with Crippen LogP contribution in [0, 0.1) is 11.8 Å². The third-order valence-electron chi connectivity index (χ3n) is 3.24. The molecular formula is C11H24N2. The van der Waals surface area contributed by atoms with Gasteiger partial charge in [-0.05, 0) is 37.8 Å². The van der Waals surface area contributed by atoms with Gasteiger partial charge in [0.05, 0.1) is 0 Å². The quantitative estimate of drug-likeness (QED) is 0.659. The van der Waals surface area contributed by atoms with Crippen LogP contribution >= 0.6 is 0 Å². The highest BCUT2D eigenvalue weighted by atomic mass is 15.1. The number of rotatable bonds is 5. The van der Waals surface area contributed by atoms with E-state index in [9.17, 15) is 0 Å². The zero-order valence-electron chi connectivity index (χ0n) is 9.13. The molecule has 1 saturated heterocycles. The van der Waals surface area contributed by atoms with Crippen LogP contribution in [0.1, 0.15) is 33.1 Å². The predicted octanol–water partition coefficient (Wildman–Crippen LogP) is 1.70. The Morgan fingerprint density at radius 2 is 1.69 bits per heavy atom. The molecule has 2 unspecified atom stereocenters. The minimum absolute atomic E-state index is 0.854. The van der Waals surface area contributed by atoms with Gasteiger partial charge in [-0.2, -0.15) is 0 Å². The molecule has 0 saturated carbocycles. The molecule has 0 amide bonds. The molecule has 2 N–H and O–H groups in total. The first-order chi connectivity index (χ1) is 6.24. The van der Waals surface area contributed by atoms with E-state index in [-0.39, 0.29) is 0 Å². The Morgan fingerprint density at radius 3 is 2.23 bits per heavy atom. The molecule has 1 heterocycles.